The number of likely N-dealkylation sites (N-methyl/N-ethyl adjacent to an activating group) is 1. The highest BCUT2D eigenvalue weighted by Gasteiger charge is 2.10. The molecule has 0 aromatic carbocycles. The third-order valence-corrected chi connectivity index (χ3v) is 2.54. The summed E-state index contributed by atoms with van der Waals surface area (Å²) >= 11 is 4.86. The standard InChI is InChI=1S/C7H16N2O2S2/c1-3-8-7(13-11-2)6(4-12)9-5-10/h5-6,8,12-13H,3-4H2,1-2H3,(H,9,10). The van der Waals surface area contributed by atoms with Crippen LogP contribution in [-0.2, 0) is 8.98 Å². The van der Waals surface area contributed by atoms with E-state index in [4.69, 9.17) is 4.18 Å². The molecule has 0 radical (unpaired) electrons. The molecule has 13 heavy (non-hydrogen) atoms. The Morgan fingerprint density at radius 3 is 2.85 bits per heavy atom. The smallest absolute Gasteiger partial charge is 0.207 e. The minimum atomic E-state index is -0.0811. The molecule has 1 unspecified atom stereocenters. The fraction of sp³-hybridized carbons (Fsp3) is 0.714. The summed E-state index contributed by atoms with van der Waals surface area (Å²) in [6.07, 6.45) is 0.670. The molecule has 0 aromatic heterocycles. The molecule has 0 fully saturated rings. The molecular weight excluding hydrogens is 208 g/mol. The van der Waals surface area contributed by atoms with Gasteiger partial charge in [-0.3, -0.25) is 10.1 Å². The van der Waals surface area contributed by atoms with Crippen LogP contribution in [0.3, 0.4) is 0 Å². The first-order valence-electron chi connectivity index (χ1n) is 3.95. The molecule has 0 spiro atoms. The maximum Gasteiger partial charge on any atom is 0.207 e. The largest absolute Gasteiger partial charge is 0.349 e. The van der Waals surface area contributed by atoms with Gasteiger partial charge >= 0.3 is 0 Å². The van der Waals surface area contributed by atoms with E-state index in [1.807, 2.05) is 6.92 Å². The molecule has 6 heteroatoms. The van der Waals surface area contributed by atoms with Crippen LogP contribution in [0.1, 0.15) is 6.92 Å². The molecule has 0 aliphatic carbocycles. The second-order valence-electron chi connectivity index (χ2n) is 2.21. The molecule has 0 bridgehead atoms. The third-order valence-electron chi connectivity index (χ3n) is 1.33. The number of nitrogens with one attached hydrogen (secondary N) is 2. The maximum absolute atomic E-state index is 10.3. The fourth-order valence-corrected chi connectivity index (χ4v) is 1.94. The number of carbonyl (C=O) groups excluding carboxylic acids is 1. The van der Waals surface area contributed by atoms with E-state index in [0.29, 0.717) is 12.2 Å². The molecule has 0 aromatic rings. The first kappa shape index (κ1) is 13.0. The Hall–Kier alpha value is -0.0400. The van der Waals surface area contributed by atoms with Gasteiger partial charge in [0.05, 0.1) is 11.0 Å². The molecule has 0 aliphatic rings. The van der Waals surface area contributed by atoms with Crippen LogP contribution in [0, 0.1) is 0 Å². The van der Waals surface area contributed by atoms with Gasteiger partial charge in [-0.15, -0.1) is 0 Å². The van der Waals surface area contributed by atoms with E-state index >= 15 is 0 Å². The van der Waals surface area contributed by atoms with Gasteiger partial charge in [-0.25, -0.2) is 0 Å². The van der Waals surface area contributed by atoms with Gasteiger partial charge in [-0.1, -0.05) is 18.6 Å². The zero-order chi connectivity index (χ0) is 10.1. The van der Waals surface area contributed by atoms with Crippen LogP contribution in [0.2, 0.25) is 0 Å². The first-order valence-corrected chi connectivity index (χ1v) is 5.40. The van der Waals surface area contributed by atoms with Gasteiger partial charge in [0.1, 0.15) is 0 Å². The lowest BCUT2D eigenvalue weighted by atomic mass is 10.3. The minimum Gasteiger partial charge on any atom is -0.349 e. The van der Waals surface area contributed by atoms with Gasteiger partial charge in [0.2, 0.25) is 6.41 Å². The highest BCUT2D eigenvalue weighted by Crippen LogP contribution is 1.97. The lowest BCUT2D eigenvalue weighted by Gasteiger charge is -2.17. The van der Waals surface area contributed by atoms with Crippen molar-refractivity contribution < 1.29 is 8.98 Å². The lowest BCUT2D eigenvalue weighted by molar-refractivity contribution is -0.109. The van der Waals surface area contributed by atoms with Crippen molar-refractivity contribution in [1.29, 1.82) is 0 Å². The number of hydrogen-bond acceptors (Lipinski definition) is 3. The summed E-state index contributed by atoms with van der Waals surface area (Å²) in [6.45, 7) is 2.79. The zero-order valence-corrected chi connectivity index (χ0v) is 9.57. The Kier molecular flexibility index (Phi) is 8.53. The van der Waals surface area contributed by atoms with E-state index in [1.165, 1.54) is 0 Å². The fourth-order valence-electron chi connectivity index (χ4n) is 0.799. The lowest BCUT2D eigenvalue weighted by Crippen LogP contribution is -2.44. The SMILES string of the molecule is CCNC(=[SH]OC)C(CS)NC=O. The molecule has 78 valence electrons. The summed E-state index contributed by atoms with van der Waals surface area (Å²) in [4.78, 5) is 11.2. The first-order chi connectivity index (χ1) is 6.29. The van der Waals surface area contributed by atoms with E-state index in [2.05, 4.69) is 23.3 Å². The summed E-state index contributed by atoms with van der Waals surface area (Å²) in [6, 6.07) is -0.0811. The number of thiol groups is 2. The van der Waals surface area contributed by atoms with Crippen molar-refractivity contribution in [3.63, 3.8) is 0 Å². The average molecular weight is 224 g/mol. The van der Waals surface area contributed by atoms with Crippen molar-refractivity contribution >= 4 is 35.7 Å². The van der Waals surface area contributed by atoms with Gasteiger partial charge in [0.25, 0.3) is 0 Å². The molecule has 0 aliphatic heterocycles. The Bertz CT molecular complexity index is 176. The Morgan fingerprint density at radius 2 is 2.46 bits per heavy atom. The Morgan fingerprint density at radius 1 is 1.77 bits per heavy atom. The van der Waals surface area contributed by atoms with Crippen molar-refractivity contribution in [2.75, 3.05) is 19.4 Å². The van der Waals surface area contributed by atoms with E-state index < -0.39 is 0 Å². The predicted molar refractivity (Wildman–Crippen MR) is 61.5 cm³/mol. The van der Waals surface area contributed by atoms with Crippen molar-refractivity contribution in [1.82, 2.24) is 10.6 Å². The number of hydrogen-bond donors (Lipinski definition) is 4. The van der Waals surface area contributed by atoms with Crippen molar-refractivity contribution in [3.05, 3.63) is 0 Å². The monoisotopic (exact) mass is 224 g/mol. The van der Waals surface area contributed by atoms with Crippen molar-refractivity contribution in [2.45, 2.75) is 13.0 Å². The van der Waals surface area contributed by atoms with Crippen LogP contribution in [0.4, 0.5) is 0 Å². The Balaban J connectivity index is 4.28. The van der Waals surface area contributed by atoms with Gasteiger partial charge in [-0.2, -0.15) is 12.6 Å². The molecule has 1 atom stereocenters. The van der Waals surface area contributed by atoms with Crippen LogP contribution in [-0.4, -0.2) is 36.8 Å². The molecule has 1 amide bonds. The summed E-state index contributed by atoms with van der Waals surface area (Å²) in [5.74, 6) is 0.553. The van der Waals surface area contributed by atoms with Crippen molar-refractivity contribution in [3.8, 4) is 0 Å². The topological polar surface area (TPSA) is 50.4 Å². The molecule has 2 N–H and O–H groups in total. The maximum atomic E-state index is 10.3. The molecular formula is C7H16N2O2S2. The summed E-state index contributed by atoms with van der Waals surface area (Å²) in [5.41, 5.74) is 0. The molecule has 0 heterocycles. The van der Waals surface area contributed by atoms with E-state index in [-0.39, 0.29) is 6.04 Å². The van der Waals surface area contributed by atoms with Gasteiger partial charge < -0.3 is 9.50 Å². The third kappa shape index (κ3) is 5.30. The van der Waals surface area contributed by atoms with Crippen LogP contribution >= 0.6 is 24.3 Å². The van der Waals surface area contributed by atoms with Gasteiger partial charge in [0, 0.05) is 12.9 Å². The predicted octanol–water partition coefficient (Wildman–Crippen LogP) is -0.203. The van der Waals surface area contributed by atoms with Gasteiger partial charge in [-0.05, 0) is 6.54 Å². The summed E-state index contributed by atoms with van der Waals surface area (Å²) in [7, 11) is 1.61. The molecule has 0 rings (SSSR count). The second-order valence-corrected chi connectivity index (χ2v) is 3.60. The quantitative estimate of drug-likeness (QED) is 0.287. The zero-order valence-electron chi connectivity index (χ0n) is 7.78. The van der Waals surface area contributed by atoms with Crippen LogP contribution in [0.15, 0.2) is 0 Å². The van der Waals surface area contributed by atoms with Crippen molar-refractivity contribution in [2.24, 2.45) is 0 Å². The average Bonchev–Trinajstić information content (AvgIpc) is 2.14. The molecule has 4 nitrogen and oxygen atoms in total. The summed E-state index contributed by atoms with van der Waals surface area (Å²) < 4.78 is 4.97. The highest BCUT2D eigenvalue weighted by atomic mass is 32.2. The number of carbonyl (C=O) groups is 1. The number of rotatable bonds is 6. The highest BCUT2D eigenvalue weighted by molar-refractivity contribution is 7.94. The normalized spacial score (nSPS) is 14.5. The van der Waals surface area contributed by atoms with Crippen LogP contribution in [0.25, 0.3) is 0 Å². The number of amides is 1. The summed E-state index contributed by atoms with van der Waals surface area (Å²) in [5, 5.41) is 5.79. The van der Waals surface area contributed by atoms with Crippen LogP contribution < -0.4 is 10.6 Å². The molecule has 0 saturated carbocycles. The van der Waals surface area contributed by atoms with Crippen LogP contribution in [0.5, 0.6) is 0 Å². The molecule has 0 saturated heterocycles. The van der Waals surface area contributed by atoms with E-state index in [0.717, 1.165) is 23.2 Å². The Labute approximate surface area is 88.0 Å². The van der Waals surface area contributed by atoms with Gasteiger partial charge in [0.15, 0.2) is 0 Å². The van der Waals surface area contributed by atoms with E-state index in [1.54, 1.807) is 7.11 Å². The second kappa shape index (κ2) is 8.55. The van der Waals surface area contributed by atoms with E-state index in [9.17, 15) is 4.79 Å². The minimum absolute atomic E-state index is 0.0811.